The molecule has 32 heavy (non-hydrogen) atoms. The first-order valence-corrected chi connectivity index (χ1v) is 12.0. The van der Waals surface area contributed by atoms with Crippen molar-refractivity contribution in [3.05, 3.63) is 30.1 Å². The van der Waals surface area contributed by atoms with E-state index in [1.54, 1.807) is 12.5 Å². The van der Waals surface area contributed by atoms with E-state index in [0.717, 1.165) is 51.4 Å². The lowest BCUT2D eigenvalue weighted by atomic mass is 9.69. The van der Waals surface area contributed by atoms with E-state index < -0.39 is 0 Å². The summed E-state index contributed by atoms with van der Waals surface area (Å²) in [5.74, 6) is 3.56. The summed E-state index contributed by atoms with van der Waals surface area (Å²) in [6, 6.07) is 0. The molecule has 8 heteroatoms. The molecule has 1 fully saturated rings. The van der Waals surface area contributed by atoms with Crippen molar-refractivity contribution in [2.45, 2.75) is 33.6 Å². The average molecular weight is 443 g/mol. The molecule has 176 valence electrons. The third-order valence-corrected chi connectivity index (χ3v) is 7.36. The topological polar surface area (TPSA) is 83.5 Å². The third-order valence-electron chi connectivity index (χ3n) is 7.36. The molecule has 3 heterocycles. The van der Waals surface area contributed by atoms with Gasteiger partial charge in [-0.25, -0.2) is 4.98 Å². The Kier molecular flexibility index (Phi) is 7.43. The summed E-state index contributed by atoms with van der Waals surface area (Å²) < 4.78 is 7.89. The van der Waals surface area contributed by atoms with Crippen LogP contribution in [0.3, 0.4) is 0 Å². The van der Waals surface area contributed by atoms with Gasteiger partial charge in [-0.2, -0.15) is 0 Å². The molecule has 2 aliphatic rings. The maximum absolute atomic E-state index is 9.18. The largest absolute Gasteiger partial charge is 0.419 e. The summed E-state index contributed by atoms with van der Waals surface area (Å²) in [5, 5.41) is 17.8. The predicted molar refractivity (Wildman–Crippen MR) is 124 cm³/mol. The number of aromatic nitrogens is 4. The van der Waals surface area contributed by atoms with Crippen LogP contribution >= 0.6 is 0 Å². The van der Waals surface area contributed by atoms with E-state index >= 15 is 0 Å². The van der Waals surface area contributed by atoms with E-state index in [4.69, 9.17) is 4.42 Å². The van der Waals surface area contributed by atoms with Crippen molar-refractivity contribution < 1.29 is 9.52 Å². The summed E-state index contributed by atoms with van der Waals surface area (Å²) in [7, 11) is 1.93. The van der Waals surface area contributed by atoms with Crippen molar-refractivity contribution in [3.8, 4) is 11.6 Å². The van der Waals surface area contributed by atoms with Crippen LogP contribution < -0.4 is 0 Å². The van der Waals surface area contributed by atoms with Crippen LogP contribution in [-0.4, -0.2) is 80.5 Å². The fourth-order valence-electron chi connectivity index (χ4n) is 5.33. The van der Waals surface area contributed by atoms with Crippen molar-refractivity contribution in [2.24, 2.45) is 30.7 Å². The highest BCUT2D eigenvalue weighted by Crippen LogP contribution is 2.39. The number of nitrogens with zero attached hydrogens (tertiary/aromatic N) is 6. The van der Waals surface area contributed by atoms with Gasteiger partial charge in [-0.05, 0) is 37.0 Å². The van der Waals surface area contributed by atoms with Gasteiger partial charge in [-0.15, -0.1) is 10.2 Å². The summed E-state index contributed by atoms with van der Waals surface area (Å²) >= 11 is 0. The second kappa shape index (κ2) is 10.3. The quantitative estimate of drug-likeness (QED) is 0.629. The van der Waals surface area contributed by atoms with Crippen LogP contribution in [-0.2, 0) is 13.5 Å². The van der Waals surface area contributed by atoms with Gasteiger partial charge in [0.15, 0.2) is 0 Å². The lowest BCUT2D eigenvalue weighted by Gasteiger charge is -2.41. The minimum absolute atomic E-state index is 0.255. The fourth-order valence-corrected chi connectivity index (χ4v) is 5.33. The van der Waals surface area contributed by atoms with Gasteiger partial charge in [0, 0.05) is 52.7 Å². The van der Waals surface area contributed by atoms with Crippen molar-refractivity contribution in [2.75, 3.05) is 45.9 Å². The number of aliphatic hydroxyl groups excluding tert-OH is 1. The average Bonchev–Trinajstić information content (AvgIpc) is 3.40. The number of aliphatic hydroxyl groups is 1. The zero-order chi connectivity index (χ0) is 22.7. The minimum atomic E-state index is 0.255. The van der Waals surface area contributed by atoms with Gasteiger partial charge in [-0.3, -0.25) is 4.90 Å². The second-order valence-electron chi connectivity index (χ2n) is 9.88. The maximum atomic E-state index is 9.18. The standard InChI is InChI=1S/C24H38N6O2/c1-17(2)21-12-19(13-23-26-27-24(32-23)22-14-25-16-28(22)4)18(3)11-20(21)15-30-7-5-29(6-8-30)9-10-31/h11,14,16-17,19-21,31H,5-10,12-13,15H2,1-4H3. The lowest BCUT2D eigenvalue weighted by molar-refractivity contribution is 0.0887. The molecule has 3 unspecified atom stereocenters. The molecule has 1 saturated heterocycles. The van der Waals surface area contributed by atoms with E-state index in [9.17, 15) is 5.11 Å². The first-order chi connectivity index (χ1) is 15.4. The normalized spacial score (nSPS) is 25.4. The molecule has 0 radical (unpaired) electrons. The van der Waals surface area contributed by atoms with Gasteiger partial charge in [0.05, 0.1) is 19.1 Å². The third kappa shape index (κ3) is 5.30. The van der Waals surface area contributed by atoms with Crippen LogP contribution in [0.15, 0.2) is 28.6 Å². The van der Waals surface area contributed by atoms with E-state index in [0.29, 0.717) is 35.5 Å². The smallest absolute Gasteiger partial charge is 0.265 e. The van der Waals surface area contributed by atoms with Gasteiger partial charge in [-0.1, -0.05) is 25.5 Å². The number of hydrogen-bond acceptors (Lipinski definition) is 7. The summed E-state index contributed by atoms with van der Waals surface area (Å²) in [6.07, 6.45) is 7.98. The first kappa shape index (κ1) is 23.1. The van der Waals surface area contributed by atoms with Crippen molar-refractivity contribution >= 4 is 0 Å². The first-order valence-electron chi connectivity index (χ1n) is 12.0. The number of aryl methyl sites for hydroxylation is 1. The van der Waals surface area contributed by atoms with Gasteiger partial charge in [0.1, 0.15) is 5.69 Å². The molecule has 1 N–H and O–H groups in total. The Morgan fingerprint density at radius 1 is 1.16 bits per heavy atom. The molecule has 8 nitrogen and oxygen atoms in total. The molecule has 0 aromatic carbocycles. The molecule has 3 atom stereocenters. The molecule has 0 amide bonds. The van der Waals surface area contributed by atoms with Crippen molar-refractivity contribution in [3.63, 3.8) is 0 Å². The Morgan fingerprint density at radius 3 is 2.56 bits per heavy atom. The van der Waals surface area contributed by atoms with Crippen LogP contribution in [0.5, 0.6) is 0 Å². The fraction of sp³-hybridized carbons (Fsp3) is 0.708. The number of allylic oxidation sites excluding steroid dienone is 1. The van der Waals surface area contributed by atoms with Crippen molar-refractivity contribution in [1.29, 1.82) is 0 Å². The van der Waals surface area contributed by atoms with Gasteiger partial charge in [0.2, 0.25) is 5.89 Å². The van der Waals surface area contributed by atoms with Crippen LogP contribution in [0.25, 0.3) is 11.6 Å². The monoisotopic (exact) mass is 442 g/mol. The predicted octanol–water partition coefficient (Wildman–Crippen LogP) is 2.48. The van der Waals surface area contributed by atoms with Crippen LogP contribution in [0, 0.1) is 23.7 Å². The van der Waals surface area contributed by atoms with Gasteiger partial charge >= 0.3 is 0 Å². The molecular formula is C24H38N6O2. The SMILES string of the molecule is CC1=CC(CN2CCN(CCO)CC2)C(C(C)C)CC1Cc1nnc(-c2cncn2C)o1. The lowest BCUT2D eigenvalue weighted by Crippen LogP contribution is -2.49. The van der Waals surface area contributed by atoms with E-state index in [1.807, 2.05) is 11.6 Å². The van der Waals surface area contributed by atoms with Crippen LogP contribution in [0.2, 0.25) is 0 Å². The zero-order valence-electron chi connectivity index (χ0n) is 19.9. The Balaban J connectivity index is 1.40. The summed E-state index contributed by atoms with van der Waals surface area (Å²) in [5.41, 5.74) is 2.30. The van der Waals surface area contributed by atoms with E-state index in [2.05, 4.69) is 51.8 Å². The number of β-amino-alcohol motifs (C(OH)–C–C–N with tert-alkyl or cyclic N) is 1. The van der Waals surface area contributed by atoms with Gasteiger partial charge < -0.3 is 19.0 Å². The zero-order valence-corrected chi connectivity index (χ0v) is 19.9. The highest BCUT2D eigenvalue weighted by atomic mass is 16.4. The van der Waals surface area contributed by atoms with E-state index in [-0.39, 0.29) is 6.61 Å². The Hall–Kier alpha value is -2.03. The minimum Gasteiger partial charge on any atom is -0.419 e. The number of hydrogen-bond donors (Lipinski definition) is 1. The molecule has 2 aromatic rings. The van der Waals surface area contributed by atoms with Gasteiger partial charge in [0.25, 0.3) is 5.89 Å². The highest BCUT2D eigenvalue weighted by molar-refractivity contribution is 5.44. The van der Waals surface area contributed by atoms with Crippen molar-refractivity contribution in [1.82, 2.24) is 29.5 Å². The molecule has 1 aliphatic heterocycles. The Morgan fingerprint density at radius 2 is 1.91 bits per heavy atom. The molecule has 0 bridgehead atoms. The highest BCUT2D eigenvalue weighted by Gasteiger charge is 2.34. The molecule has 2 aromatic heterocycles. The number of imidazole rings is 1. The second-order valence-corrected chi connectivity index (χ2v) is 9.88. The summed E-state index contributed by atoms with van der Waals surface area (Å²) in [4.78, 5) is 9.11. The Bertz CT molecular complexity index is 896. The molecule has 4 rings (SSSR count). The summed E-state index contributed by atoms with van der Waals surface area (Å²) in [6.45, 7) is 13.5. The molecule has 0 spiro atoms. The number of rotatable bonds is 8. The van der Waals surface area contributed by atoms with Crippen LogP contribution in [0.4, 0.5) is 0 Å². The molecule has 0 saturated carbocycles. The maximum Gasteiger partial charge on any atom is 0.265 e. The molecule has 1 aliphatic carbocycles. The van der Waals surface area contributed by atoms with Crippen LogP contribution in [0.1, 0.15) is 33.1 Å². The number of piperazine rings is 1. The van der Waals surface area contributed by atoms with E-state index in [1.165, 1.54) is 12.0 Å². The Labute approximate surface area is 191 Å². The molecular weight excluding hydrogens is 404 g/mol.